The van der Waals surface area contributed by atoms with Gasteiger partial charge in [-0.05, 0) is 31.3 Å². The van der Waals surface area contributed by atoms with Crippen molar-refractivity contribution in [3.8, 4) is 0 Å². The van der Waals surface area contributed by atoms with Crippen molar-refractivity contribution in [1.29, 1.82) is 0 Å². The van der Waals surface area contributed by atoms with E-state index in [-0.39, 0.29) is 18.2 Å². The summed E-state index contributed by atoms with van der Waals surface area (Å²) in [6.45, 7) is 1.13. The van der Waals surface area contributed by atoms with Crippen LogP contribution < -0.4 is 5.32 Å². The van der Waals surface area contributed by atoms with Crippen LogP contribution in [0.2, 0.25) is 0 Å². The van der Waals surface area contributed by atoms with E-state index >= 15 is 0 Å². The number of aliphatic carboxylic acids is 1. The lowest BCUT2D eigenvalue weighted by atomic mass is 10.2. The summed E-state index contributed by atoms with van der Waals surface area (Å²) < 4.78 is 5.65. The first-order valence-corrected chi connectivity index (χ1v) is 7.92. The largest absolute Gasteiger partial charge is 0.480 e. The zero-order chi connectivity index (χ0) is 13.8. The number of morpholine rings is 1. The number of urea groups is 1. The lowest BCUT2D eigenvalue weighted by Gasteiger charge is -2.32. The van der Waals surface area contributed by atoms with Gasteiger partial charge in [0.1, 0.15) is 6.04 Å². The minimum atomic E-state index is -0.973. The van der Waals surface area contributed by atoms with Crippen molar-refractivity contribution in [3.05, 3.63) is 0 Å². The van der Waals surface area contributed by atoms with Crippen LogP contribution in [0.4, 0.5) is 4.79 Å². The van der Waals surface area contributed by atoms with Gasteiger partial charge in [-0.1, -0.05) is 0 Å². The fourth-order valence-corrected chi connectivity index (χ4v) is 2.99. The number of thioether (sulfide) groups is 1. The Kier molecular flexibility index (Phi) is 4.93. The van der Waals surface area contributed by atoms with Gasteiger partial charge in [0.25, 0.3) is 0 Å². The average molecular weight is 288 g/mol. The molecule has 3 atom stereocenters. The fourth-order valence-electron chi connectivity index (χ4n) is 2.51. The standard InChI is InChI=1S/C12H20N2O4S/c1-19-5-4-10(11(15)16)13-12(17)14-6-8-2-3-9(7-14)18-8/h8-10H,2-7H2,1H3,(H,13,17)(H,15,16). The molecule has 7 heteroatoms. The summed E-state index contributed by atoms with van der Waals surface area (Å²) in [4.78, 5) is 24.9. The third kappa shape index (κ3) is 3.76. The molecule has 19 heavy (non-hydrogen) atoms. The Morgan fingerprint density at radius 3 is 2.58 bits per heavy atom. The quantitative estimate of drug-likeness (QED) is 0.781. The van der Waals surface area contributed by atoms with Crippen LogP contribution in [-0.4, -0.2) is 65.4 Å². The van der Waals surface area contributed by atoms with Crippen LogP contribution in [-0.2, 0) is 9.53 Å². The van der Waals surface area contributed by atoms with E-state index in [1.54, 1.807) is 16.7 Å². The number of carbonyl (C=O) groups excluding carboxylic acids is 1. The van der Waals surface area contributed by atoms with E-state index in [2.05, 4.69) is 5.32 Å². The van der Waals surface area contributed by atoms with Gasteiger partial charge in [-0.15, -0.1) is 0 Å². The molecule has 2 amide bonds. The topological polar surface area (TPSA) is 78.9 Å². The summed E-state index contributed by atoms with van der Waals surface area (Å²) in [6.07, 6.45) is 4.59. The molecule has 108 valence electrons. The minimum absolute atomic E-state index is 0.124. The van der Waals surface area contributed by atoms with Crippen LogP contribution in [0.3, 0.4) is 0 Å². The van der Waals surface area contributed by atoms with Crippen LogP contribution in [0, 0.1) is 0 Å². The second-order valence-corrected chi connectivity index (χ2v) is 5.97. The Morgan fingerprint density at radius 1 is 1.42 bits per heavy atom. The number of carboxylic acid groups (broad SMARTS) is 1. The molecule has 2 aliphatic rings. The Morgan fingerprint density at radius 2 is 2.05 bits per heavy atom. The molecule has 0 radical (unpaired) electrons. The molecule has 0 aromatic heterocycles. The van der Waals surface area contributed by atoms with Gasteiger partial charge in [0.15, 0.2) is 0 Å². The monoisotopic (exact) mass is 288 g/mol. The number of nitrogens with zero attached hydrogens (tertiary/aromatic N) is 1. The summed E-state index contributed by atoms with van der Waals surface area (Å²) in [5, 5.41) is 11.7. The Hall–Kier alpha value is -0.950. The molecule has 2 saturated heterocycles. The highest BCUT2D eigenvalue weighted by atomic mass is 32.2. The summed E-state index contributed by atoms with van der Waals surface area (Å²) in [7, 11) is 0. The second kappa shape index (κ2) is 6.47. The van der Waals surface area contributed by atoms with Crippen LogP contribution in [0.1, 0.15) is 19.3 Å². The van der Waals surface area contributed by atoms with Gasteiger partial charge in [-0.2, -0.15) is 11.8 Å². The highest BCUT2D eigenvalue weighted by Crippen LogP contribution is 2.26. The van der Waals surface area contributed by atoms with Gasteiger partial charge in [-0.25, -0.2) is 9.59 Å². The predicted octanol–water partition coefficient (Wildman–Crippen LogP) is 0.765. The molecule has 0 saturated carbocycles. The molecule has 0 aromatic carbocycles. The third-order valence-corrected chi connectivity index (χ3v) is 4.18. The number of amides is 2. The lowest BCUT2D eigenvalue weighted by Crippen LogP contribution is -2.53. The van der Waals surface area contributed by atoms with E-state index in [9.17, 15) is 9.59 Å². The Bertz CT molecular complexity index is 341. The molecule has 3 unspecified atom stereocenters. The number of hydrogen-bond donors (Lipinski definition) is 2. The zero-order valence-corrected chi connectivity index (χ0v) is 11.8. The summed E-state index contributed by atoms with van der Waals surface area (Å²) in [5.41, 5.74) is 0. The summed E-state index contributed by atoms with van der Waals surface area (Å²) in [6, 6.07) is -1.09. The van der Waals surface area contributed by atoms with E-state index in [4.69, 9.17) is 9.84 Å². The second-order valence-electron chi connectivity index (χ2n) is 4.98. The molecule has 2 aliphatic heterocycles. The van der Waals surface area contributed by atoms with Gasteiger partial charge in [0.05, 0.1) is 12.2 Å². The highest BCUT2D eigenvalue weighted by molar-refractivity contribution is 7.98. The number of nitrogens with one attached hydrogen (secondary N) is 1. The first-order valence-electron chi connectivity index (χ1n) is 6.52. The number of fused-ring (bicyclic) bond motifs is 2. The molecular formula is C12H20N2O4S. The van der Waals surface area contributed by atoms with Gasteiger partial charge in [-0.3, -0.25) is 0 Å². The van der Waals surface area contributed by atoms with Gasteiger partial charge < -0.3 is 20.1 Å². The normalized spacial score (nSPS) is 27.1. The van der Waals surface area contributed by atoms with Crippen LogP contribution in [0.5, 0.6) is 0 Å². The van der Waals surface area contributed by atoms with E-state index in [1.807, 2.05) is 6.26 Å². The van der Waals surface area contributed by atoms with E-state index in [0.717, 1.165) is 12.8 Å². The summed E-state index contributed by atoms with van der Waals surface area (Å²) >= 11 is 1.57. The molecule has 0 aliphatic carbocycles. The van der Waals surface area contributed by atoms with Crippen molar-refractivity contribution < 1.29 is 19.4 Å². The number of hydrogen-bond acceptors (Lipinski definition) is 4. The van der Waals surface area contributed by atoms with E-state index in [1.165, 1.54) is 0 Å². The SMILES string of the molecule is CSCCC(NC(=O)N1CC2CCC(C1)O2)C(=O)O. The number of ether oxygens (including phenoxy) is 1. The third-order valence-electron chi connectivity index (χ3n) is 3.54. The van der Waals surface area contributed by atoms with Crippen LogP contribution in [0.15, 0.2) is 0 Å². The maximum Gasteiger partial charge on any atom is 0.326 e. The molecule has 2 N–H and O–H groups in total. The first-order chi connectivity index (χ1) is 9.10. The van der Waals surface area contributed by atoms with Gasteiger partial charge in [0, 0.05) is 13.1 Å². The van der Waals surface area contributed by atoms with E-state index in [0.29, 0.717) is 25.3 Å². The van der Waals surface area contributed by atoms with Crippen molar-refractivity contribution in [2.45, 2.75) is 37.5 Å². The molecule has 0 spiro atoms. The van der Waals surface area contributed by atoms with Crippen LogP contribution >= 0.6 is 11.8 Å². The number of rotatable bonds is 5. The minimum Gasteiger partial charge on any atom is -0.480 e. The molecule has 2 rings (SSSR count). The lowest BCUT2D eigenvalue weighted by molar-refractivity contribution is -0.139. The van der Waals surface area contributed by atoms with E-state index < -0.39 is 12.0 Å². The van der Waals surface area contributed by atoms with Crippen molar-refractivity contribution in [2.75, 3.05) is 25.1 Å². The molecule has 2 fully saturated rings. The van der Waals surface area contributed by atoms with Crippen LogP contribution in [0.25, 0.3) is 0 Å². The average Bonchev–Trinajstić information content (AvgIpc) is 2.72. The van der Waals surface area contributed by atoms with Crippen molar-refractivity contribution in [3.63, 3.8) is 0 Å². The number of carbonyl (C=O) groups is 2. The highest BCUT2D eigenvalue weighted by Gasteiger charge is 2.36. The molecule has 2 heterocycles. The van der Waals surface area contributed by atoms with Gasteiger partial charge >= 0.3 is 12.0 Å². The Balaban J connectivity index is 1.86. The molecule has 0 aromatic rings. The predicted molar refractivity (Wildman–Crippen MR) is 72.4 cm³/mol. The maximum absolute atomic E-state index is 12.1. The van der Waals surface area contributed by atoms with Crippen molar-refractivity contribution in [1.82, 2.24) is 10.2 Å². The molecule has 6 nitrogen and oxygen atoms in total. The first kappa shape index (κ1) is 14.5. The fraction of sp³-hybridized carbons (Fsp3) is 0.833. The number of likely N-dealkylation sites (tertiary alicyclic amines) is 1. The molecular weight excluding hydrogens is 268 g/mol. The summed E-state index contributed by atoms with van der Waals surface area (Å²) in [5.74, 6) is -0.260. The zero-order valence-electron chi connectivity index (χ0n) is 11.0. The van der Waals surface area contributed by atoms with Crippen molar-refractivity contribution >= 4 is 23.8 Å². The van der Waals surface area contributed by atoms with Gasteiger partial charge in [0.2, 0.25) is 0 Å². The maximum atomic E-state index is 12.1. The Labute approximate surface area is 116 Å². The smallest absolute Gasteiger partial charge is 0.326 e. The molecule has 2 bridgehead atoms. The number of carboxylic acids is 1. The van der Waals surface area contributed by atoms with Crippen molar-refractivity contribution in [2.24, 2.45) is 0 Å².